The lowest BCUT2D eigenvalue weighted by atomic mass is 10.0. The molecule has 2 N–H and O–H groups in total. The second kappa shape index (κ2) is 8.60. The largest absolute Gasteiger partial charge is 0.469 e. The number of ether oxygens (including phenoxy) is 1. The monoisotopic (exact) mass is 419 g/mol. The summed E-state index contributed by atoms with van der Waals surface area (Å²) in [6.07, 6.45) is 2.48. The molecular weight excluding hydrogens is 402 g/mol. The zero-order valence-electron chi connectivity index (χ0n) is 14.8. The fourth-order valence-corrected chi connectivity index (χ4v) is 3.84. The van der Waals surface area contributed by atoms with Gasteiger partial charge in [0.2, 0.25) is 10.0 Å². The Hall–Kier alpha value is -2.61. The van der Waals surface area contributed by atoms with Crippen molar-refractivity contribution < 1.29 is 22.4 Å². The summed E-state index contributed by atoms with van der Waals surface area (Å²) in [4.78, 5) is 12.3. The van der Waals surface area contributed by atoms with Crippen LogP contribution in [-0.2, 0) is 34.2 Å². The van der Waals surface area contributed by atoms with Crippen LogP contribution in [0.15, 0.2) is 70.2 Å². The second-order valence-corrected chi connectivity index (χ2v) is 8.06. The number of hydrogen-bond acceptors (Lipinski definition) is 5. The van der Waals surface area contributed by atoms with Crippen LogP contribution < -0.4 is 5.14 Å². The molecule has 8 heteroatoms. The van der Waals surface area contributed by atoms with Crippen LogP contribution in [0.25, 0.3) is 0 Å². The molecule has 1 heterocycles. The smallest absolute Gasteiger partial charge is 0.338 e. The SMILES string of the molecule is NS(=O)(=O)c1cc(C(=O)OCc2ccccc2)c(CCc2ccco2)cc1Cl. The first-order chi connectivity index (χ1) is 13.3. The highest BCUT2D eigenvalue weighted by molar-refractivity contribution is 7.89. The van der Waals surface area contributed by atoms with Crippen molar-refractivity contribution in [3.05, 3.63) is 88.3 Å². The topological polar surface area (TPSA) is 99.6 Å². The van der Waals surface area contributed by atoms with Gasteiger partial charge < -0.3 is 9.15 Å². The van der Waals surface area contributed by atoms with Gasteiger partial charge in [0.1, 0.15) is 17.3 Å². The number of esters is 1. The molecule has 6 nitrogen and oxygen atoms in total. The molecule has 0 aliphatic carbocycles. The van der Waals surface area contributed by atoms with Crippen LogP contribution in [0.2, 0.25) is 5.02 Å². The second-order valence-electron chi connectivity index (χ2n) is 6.13. The maximum absolute atomic E-state index is 12.7. The number of aryl methyl sites for hydroxylation is 2. The van der Waals surface area contributed by atoms with E-state index in [9.17, 15) is 13.2 Å². The molecule has 0 radical (unpaired) electrons. The number of carbonyl (C=O) groups excluding carboxylic acids is 1. The molecule has 0 saturated heterocycles. The predicted octanol–water partition coefficient (Wildman–Crippen LogP) is 3.72. The number of carbonyl (C=O) groups is 1. The quantitative estimate of drug-likeness (QED) is 0.588. The minimum Gasteiger partial charge on any atom is -0.469 e. The molecule has 146 valence electrons. The highest BCUT2D eigenvalue weighted by Gasteiger charge is 2.21. The number of benzene rings is 2. The highest BCUT2D eigenvalue weighted by Crippen LogP contribution is 2.27. The van der Waals surface area contributed by atoms with Crippen molar-refractivity contribution in [2.45, 2.75) is 24.3 Å². The molecular formula is C20H18ClNO5S. The summed E-state index contributed by atoms with van der Waals surface area (Å²) < 4.78 is 34.2. The molecule has 0 aliphatic rings. The summed E-state index contributed by atoms with van der Waals surface area (Å²) >= 11 is 6.09. The molecule has 1 aromatic heterocycles. The molecule has 3 rings (SSSR count). The van der Waals surface area contributed by atoms with Gasteiger partial charge in [-0.15, -0.1) is 0 Å². The number of sulfonamides is 1. The Bertz CT molecular complexity index is 1060. The number of primary sulfonamides is 1. The summed E-state index contributed by atoms with van der Waals surface area (Å²) in [7, 11) is -4.09. The first-order valence-electron chi connectivity index (χ1n) is 8.43. The van der Waals surface area contributed by atoms with Gasteiger partial charge in [-0.2, -0.15) is 0 Å². The van der Waals surface area contributed by atoms with E-state index in [4.69, 9.17) is 25.9 Å². The van der Waals surface area contributed by atoms with E-state index >= 15 is 0 Å². The van der Waals surface area contributed by atoms with E-state index in [1.165, 1.54) is 12.1 Å². The Labute approximate surface area is 167 Å². The van der Waals surface area contributed by atoms with Gasteiger partial charge in [0, 0.05) is 6.42 Å². The van der Waals surface area contributed by atoms with Crippen LogP contribution in [0.1, 0.15) is 27.2 Å². The Morgan fingerprint density at radius 3 is 2.46 bits per heavy atom. The van der Waals surface area contributed by atoms with Gasteiger partial charge in [-0.25, -0.2) is 18.4 Å². The standard InChI is InChI=1S/C20H18ClNO5S/c21-18-11-15(8-9-16-7-4-10-26-16)17(12-19(18)28(22,24)25)20(23)27-13-14-5-2-1-3-6-14/h1-7,10-12H,8-9,13H2,(H2,22,24,25). The number of rotatable bonds is 7. The van der Waals surface area contributed by atoms with E-state index in [0.29, 0.717) is 18.4 Å². The molecule has 0 aliphatic heterocycles. The molecule has 3 aromatic rings. The molecule has 0 saturated carbocycles. The predicted molar refractivity (Wildman–Crippen MR) is 105 cm³/mol. The van der Waals surface area contributed by atoms with E-state index < -0.39 is 16.0 Å². The third-order valence-corrected chi connectivity index (χ3v) is 5.49. The van der Waals surface area contributed by atoms with Crippen molar-refractivity contribution in [1.82, 2.24) is 0 Å². The molecule has 0 amide bonds. The summed E-state index contributed by atoms with van der Waals surface area (Å²) in [5, 5.41) is 5.17. The van der Waals surface area contributed by atoms with Gasteiger partial charge >= 0.3 is 5.97 Å². The molecule has 2 aromatic carbocycles. The molecule has 28 heavy (non-hydrogen) atoms. The Kier molecular flexibility index (Phi) is 6.18. The normalized spacial score (nSPS) is 11.4. The van der Waals surface area contributed by atoms with Crippen molar-refractivity contribution >= 4 is 27.6 Å². The van der Waals surface area contributed by atoms with E-state index in [2.05, 4.69) is 0 Å². The van der Waals surface area contributed by atoms with Crippen molar-refractivity contribution in [1.29, 1.82) is 0 Å². The lowest BCUT2D eigenvalue weighted by molar-refractivity contribution is 0.0471. The van der Waals surface area contributed by atoms with Gasteiger partial charge in [0.05, 0.1) is 16.8 Å². The zero-order valence-corrected chi connectivity index (χ0v) is 16.4. The third kappa shape index (κ3) is 5.01. The van der Waals surface area contributed by atoms with E-state index in [-0.39, 0.29) is 22.1 Å². The number of nitrogens with two attached hydrogens (primary N) is 1. The summed E-state index contributed by atoms with van der Waals surface area (Å²) in [6.45, 7) is 0.0602. The fraction of sp³-hybridized carbons (Fsp3) is 0.150. The van der Waals surface area contributed by atoms with Crippen molar-refractivity contribution in [3.8, 4) is 0 Å². The zero-order chi connectivity index (χ0) is 20.1. The molecule has 0 spiro atoms. The minimum atomic E-state index is -4.09. The Morgan fingerprint density at radius 1 is 1.07 bits per heavy atom. The van der Waals surface area contributed by atoms with E-state index in [1.807, 2.05) is 36.4 Å². The summed E-state index contributed by atoms with van der Waals surface area (Å²) in [5.41, 5.74) is 1.47. The maximum atomic E-state index is 12.7. The average Bonchev–Trinajstić information content (AvgIpc) is 3.18. The van der Waals surface area contributed by atoms with E-state index in [1.54, 1.807) is 12.3 Å². The Balaban J connectivity index is 1.89. The lowest BCUT2D eigenvalue weighted by Gasteiger charge is -2.12. The number of halogens is 1. The van der Waals surface area contributed by atoms with Gasteiger partial charge in [-0.1, -0.05) is 41.9 Å². The van der Waals surface area contributed by atoms with Crippen LogP contribution in [0.3, 0.4) is 0 Å². The van der Waals surface area contributed by atoms with Gasteiger partial charge in [-0.3, -0.25) is 0 Å². The highest BCUT2D eigenvalue weighted by atomic mass is 35.5. The van der Waals surface area contributed by atoms with Gasteiger partial charge in [0.25, 0.3) is 0 Å². The van der Waals surface area contributed by atoms with Crippen molar-refractivity contribution in [2.24, 2.45) is 5.14 Å². The first-order valence-corrected chi connectivity index (χ1v) is 10.4. The van der Waals surface area contributed by atoms with Crippen LogP contribution in [0, 0.1) is 0 Å². The van der Waals surface area contributed by atoms with E-state index in [0.717, 1.165) is 11.3 Å². The van der Waals surface area contributed by atoms with Crippen molar-refractivity contribution in [3.63, 3.8) is 0 Å². The summed E-state index contributed by atoms with van der Waals surface area (Å²) in [6, 6.07) is 15.3. The number of furan rings is 1. The first kappa shape index (κ1) is 20.1. The third-order valence-electron chi connectivity index (χ3n) is 4.12. The number of hydrogen-bond donors (Lipinski definition) is 1. The minimum absolute atomic E-state index is 0.0449. The molecule has 0 unspecified atom stereocenters. The van der Waals surface area contributed by atoms with Crippen LogP contribution >= 0.6 is 11.6 Å². The van der Waals surface area contributed by atoms with Crippen molar-refractivity contribution in [2.75, 3.05) is 0 Å². The Morgan fingerprint density at radius 2 is 1.82 bits per heavy atom. The fourth-order valence-electron chi connectivity index (χ4n) is 2.72. The summed E-state index contributed by atoms with van der Waals surface area (Å²) in [5.74, 6) is 0.0788. The van der Waals surface area contributed by atoms with Crippen LogP contribution in [-0.4, -0.2) is 14.4 Å². The molecule has 0 bridgehead atoms. The van der Waals surface area contributed by atoms with Crippen LogP contribution in [0.4, 0.5) is 0 Å². The van der Waals surface area contributed by atoms with Crippen LogP contribution in [0.5, 0.6) is 0 Å². The van der Waals surface area contributed by atoms with Gasteiger partial charge in [0.15, 0.2) is 0 Å². The molecule has 0 atom stereocenters. The average molecular weight is 420 g/mol. The molecule has 0 fully saturated rings. The van der Waals surface area contributed by atoms with Gasteiger partial charge in [-0.05, 0) is 41.8 Å². The maximum Gasteiger partial charge on any atom is 0.338 e. The lowest BCUT2D eigenvalue weighted by Crippen LogP contribution is -2.16.